The van der Waals surface area contributed by atoms with Crippen LogP contribution in [0.1, 0.15) is 39.0 Å². The predicted molar refractivity (Wildman–Crippen MR) is 83.8 cm³/mol. The minimum atomic E-state index is -3.23. The van der Waals surface area contributed by atoms with E-state index in [0.717, 1.165) is 12.8 Å². The van der Waals surface area contributed by atoms with Crippen LogP contribution in [0.25, 0.3) is 0 Å². The van der Waals surface area contributed by atoms with Crippen LogP contribution in [0.15, 0.2) is 0 Å². The average molecular weight is 344 g/mol. The molecule has 0 radical (unpaired) electrons. The Morgan fingerprint density at radius 3 is 2.43 bits per heavy atom. The summed E-state index contributed by atoms with van der Waals surface area (Å²) in [7, 11) is -3.23. The molecule has 7 nitrogen and oxygen atoms in total. The van der Waals surface area contributed by atoms with Gasteiger partial charge in [0.15, 0.2) is 9.84 Å². The third-order valence-corrected chi connectivity index (χ3v) is 8.43. The fourth-order valence-corrected chi connectivity index (χ4v) is 5.99. The minimum Gasteiger partial charge on any atom is -0.481 e. The van der Waals surface area contributed by atoms with E-state index in [0.29, 0.717) is 25.8 Å². The van der Waals surface area contributed by atoms with Crippen molar-refractivity contribution in [2.24, 2.45) is 11.3 Å². The van der Waals surface area contributed by atoms with Gasteiger partial charge in [-0.15, -0.1) is 0 Å². The highest BCUT2D eigenvalue weighted by atomic mass is 32.2. The van der Waals surface area contributed by atoms with E-state index in [1.54, 1.807) is 11.8 Å². The van der Waals surface area contributed by atoms with Gasteiger partial charge in [0.25, 0.3) is 0 Å². The largest absolute Gasteiger partial charge is 0.481 e. The van der Waals surface area contributed by atoms with Crippen LogP contribution in [0, 0.1) is 11.3 Å². The van der Waals surface area contributed by atoms with Crippen LogP contribution in [0.4, 0.5) is 4.79 Å². The van der Waals surface area contributed by atoms with E-state index in [9.17, 15) is 23.1 Å². The zero-order valence-electron chi connectivity index (χ0n) is 13.5. The zero-order valence-corrected chi connectivity index (χ0v) is 14.4. The molecule has 3 rings (SSSR count). The van der Waals surface area contributed by atoms with Gasteiger partial charge in [-0.3, -0.25) is 4.79 Å². The third-order valence-electron chi connectivity index (χ3n) is 6.19. The SMILES string of the molecule is CC(NC(=O)N1C[C@@H]2CCC[C@@]2(C(=O)O)C1)C1(S(C)(=O)=O)CC1. The maximum atomic E-state index is 12.5. The Morgan fingerprint density at radius 1 is 1.30 bits per heavy atom. The van der Waals surface area contributed by atoms with E-state index in [-0.39, 0.29) is 18.5 Å². The maximum absolute atomic E-state index is 12.5. The number of aliphatic carboxylic acids is 1. The number of nitrogens with one attached hydrogen (secondary N) is 1. The molecule has 8 heteroatoms. The molecule has 3 atom stereocenters. The van der Waals surface area contributed by atoms with E-state index < -0.39 is 32.0 Å². The van der Waals surface area contributed by atoms with Crippen molar-refractivity contribution in [3.05, 3.63) is 0 Å². The molecule has 2 N–H and O–H groups in total. The molecule has 3 aliphatic rings. The van der Waals surface area contributed by atoms with Crippen LogP contribution in [-0.2, 0) is 14.6 Å². The summed E-state index contributed by atoms with van der Waals surface area (Å²) in [5, 5.41) is 12.4. The Balaban J connectivity index is 1.68. The second-order valence-corrected chi connectivity index (χ2v) is 9.80. The van der Waals surface area contributed by atoms with Crippen molar-refractivity contribution >= 4 is 21.8 Å². The lowest BCUT2D eigenvalue weighted by Gasteiger charge is -2.27. The van der Waals surface area contributed by atoms with Crippen LogP contribution in [0.2, 0.25) is 0 Å². The molecule has 1 saturated heterocycles. The van der Waals surface area contributed by atoms with Gasteiger partial charge in [-0.2, -0.15) is 0 Å². The first-order valence-corrected chi connectivity index (χ1v) is 10.00. The van der Waals surface area contributed by atoms with Crippen molar-refractivity contribution in [2.45, 2.75) is 49.8 Å². The molecule has 0 aromatic heterocycles. The predicted octanol–water partition coefficient (Wildman–Crippen LogP) is 0.848. The first-order valence-electron chi connectivity index (χ1n) is 8.11. The summed E-state index contributed by atoms with van der Waals surface area (Å²) < 4.78 is 23.0. The van der Waals surface area contributed by atoms with Crippen molar-refractivity contribution < 1.29 is 23.1 Å². The fourth-order valence-electron chi connectivity index (χ4n) is 4.45. The number of carboxylic acid groups (broad SMARTS) is 1. The highest BCUT2D eigenvalue weighted by Gasteiger charge is 2.58. The van der Waals surface area contributed by atoms with Gasteiger partial charge in [-0.25, -0.2) is 13.2 Å². The second-order valence-electron chi connectivity index (χ2n) is 7.44. The molecular formula is C15H24N2O5S. The van der Waals surface area contributed by atoms with E-state index in [4.69, 9.17) is 0 Å². The van der Waals surface area contributed by atoms with Gasteiger partial charge < -0.3 is 15.3 Å². The molecule has 1 heterocycles. The fraction of sp³-hybridized carbons (Fsp3) is 0.867. The molecule has 2 aliphatic carbocycles. The van der Waals surface area contributed by atoms with Crippen molar-refractivity contribution in [2.75, 3.05) is 19.3 Å². The number of likely N-dealkylation sites (tertiary alicyclic amines) is 1. The van der Waals surface area contributed by atoms with E-state index in [2.05, 4.69) is 5.32 Å². The summed E-state index contributed by atoms with van der Waals surface area (Å²) in [6.45, 7) is 2.38. The molecule has 130 valence electrons. The number of nitrogens with zero attached hydrogens (tertiary/aromatic N) is 1. The number of hydrogen-bond acceptors (Lipinski definition) is 4. The van der Waals surface area contributed by atoms with Crippen molar-refractivity contribution in [1.82, 2.24) is 10.2 Å². The van der Waals surface area contributed by atoms with Gasteiger partial charge in [0.2, 0.25) is 0 Å². The maximum Gasteiger partial charge on any atom is 0.317 e. The highest BCUT2D eigenvalue weighted by Crippen LogP contribution is 2.49. The van der Waals surface area contributed by atoms with Crippen LogP contribution in [-0.4, -0.2) is 60.6 Å². The Morgan fingerprint density at radius 2 is 1.96 bits per heavy atom. The molecule has 1 aliphatic heterocycles. The van der Waals surface area contributed by atoms with Crippen molar-refractivity contribution in [1.29, 1.82) is 0 Å². The summed E-state index contributed by atoms with van der Waals surface area (Å²) in [6, 6.07) is -0.811. The lowest BCUT2D eigenvalue weighted by atomic mass is 9.81. The van der Waals surface area contributed by atoms with Gasteiger partial charge >= 0.3 is 12.0 Å². The van der Waals surface area contributed by atoms with E-state index in [1.807, 2.05) is 0 Å². The number of sulfone groups is 1. The summed E-state index contributed by atoms with van der Waals surface area (Å²) >= 11 is 0. The highest BCUT2D eigenvalue weighted by molar-refractivity contribution is 7.92. The molecular weight excluding hydrogens is 320 g/mol. The number of urea groups is 1. The molecule has 1 unspecified atom stereocenters. The van der Waals surface area contributed by atoms with Crippen molar-refractivity contribution in [3.8, 4) is 0 Å². The minimum absolute atomic E-state index is 0.00542. The number of amides is 2. The molecule has 2 saturated carbocycles. The molecule has 2 amide bonds. The van der Waals surface area contributed by atoms with E-state index >= 15 is 0 Å². The number of rotatable bonds is 4. The van der Waals surface area contributed by atoms with Crippen LogP contribution >= 0.6 is 0 Å². The molecule has 23 heavy (non-hydrogen) atoms. The molecule has 0 spiro atoms. The summed E-state index contributed by atoms with van der Waals surface area (Å²) in [5.74, 6) is -0.816. The van der Waals surface area contributed by atoms with Gasteiger partial charge in [-0.05, 0) is 38.5 Å². The zero-order chi connectivity index (χ0) is 17.0. The van der Waals surface area contributed by atoms with Crippen molar-refractivity contribution in [3.63, 3.8) is 0 Å². The van der Waals surface area contributed by atoms with Crippen LogP contribution in [0.3, 0.4) is 0 Å². The lowest BCUT2D eigenvalue weighted by Crippen LogP contribution is -2.51. The van der Waals surface area contributed by atoms with Gasteiger partial charge in [-0.1, -0.05) is 6.42 Å². The number of fused-ring (bicyclic) bond motifs is 1. The summed E-state index contributed by atoms with van der Waals surface area (Å²) in [6.07, 6.45) is 4.67. The molecule has 0 aromatic carbocycles. The van der Waals surface area contributed by atoms with Gasteiger partial charge in [0.05, 0.1) is 10.2 Å². The molecule has 0 aromatic rings. The number of carbonyl (C=O) groups is 2. The standard InChI is InChI=1S/C15H24N2O5S/c1-10(15(6-7-15)23(2,21)22)16-13(20)17-8-11-4-3-5-14(11,9-17)12(18)19/h10-11H,3-9H2,1-2H3,(H,16,20)(H,18,19)/t10?,11-,14+/m0/s1. The quantitative estimate of drug-likeness (QED) is 0.787. The number of hydrogen-bond donors (Lipinski definition) is 2. The Labute approximate surface area is 136 Å². The monoisotopic (exact) mass is 344 g/mol. The first kappa shape index (κ1) is 16.5. The van der Waals surface area contributed by atoms with Gasteiger partial charge in [0.1, 0.15) is 0 Å². The Bertz CT molecular complexity index is 642. The molecule has 0 bridgehead atoms. The molecule has 3 fully saturated rings. The first-order chi connectivity index (χ1) is 10.6. The smallest absolute Gasteiger partial charge is 0.317 e. The number of carbonyl (C=O) groups excluding carboxylic acids is 1. The van der Waals surface area contributed by atoms with Gasteiger partial charge in [0, 0.05) is 25.4 Å². The Hall–Kier alpha value is -1.31. The van der Waals surface area contributed by atoms with Crippen LogP contribution < -0.4 is 5.32 Å². The average Bonchev–Trinajstić information content (AvgIpc) is 3.03. The second kappa shape index (κ2) is 5.09. The lowest BCUT2D eigenvalue weighted by molar-refractivity contribution is -0.149. The topological polar surface area (TPSA) is 104 Å². The number of carboxylic acids is 1. The summed E-state index contributed by atoms with van der Waals surface area (Å²) in [4.78, 5) is 25.7. The van der Waals surface area contributed by atoms with Crippen LogP contribution in [0.5, 0.6) is 0 Å². The normalized spacial score (nSPS) is 33.1. The third kappa shape index (κ3) is 2.42. The summed E-state index contributed by atoms with van der Waals surface area (Å²) in [5.41, 5.74) is -0.811. The van der Waals surface area contributed by atoms with E-state index in [1.165, 1.54) is 6.26 Å². The Kier molecular flexibility index (Phi) is 3.66.